The number of para-hydroxylation sites is 1. The summed E-state index contributed by atoms with van der Waals surface area (Å²) in [5.41, 5.74) is 0.127. The second-order valence-corrected chi connectivity index (χ2v) is 1.68. The SMILES string of the molecule is [3H]C([O-])c1ccccc1O. The highest BCUT2D eigenvalue weighted by Gasteiger charge is 1.89. The van der Waals surface area contributed by atoms with Gasteiger partial charge in [-0.25, -0.2) is 0 Å². The lowest BCUT2D eigenvalue weighted by Gasteiger charge is -2.04. The van der Waals surface area contributed by atoms with Gasteiger partial charge in [0.05, 0.1) is 0 Å². The van der Waals surface area contributed by atoms with E-state index in [-0.39, 0.29) is 11.3 Å². The fourth-order valence-electron chi connectivity index (χ4n) is 0.587. The molecule has 1 atom stereocenters. The van der Waals surface area contributed by atoms with Crippen LogP contribution in [-0.4, -0.2) is 5.11 Å². The number of hydrogen-bond donors (Lipinski definition) is 1. The molecule has 48 valence electrons. The smallest absolute Gasteiger partial charge is 0.117 e. The Morgan fingerprint density at radius 1 is 1.56 bits per heavy atom. The fraction of sp³-hybridized carbons (Fsp3) is 0.143. The summed E-state index contributed by atoms with van der Waals surface area (Å²) in [5, 5.41) is 19.4. The van der Waals surface area contributed by atoms with Crippen LogP contribution in [0.3, 0.4) is 0 Å². The van der Waals surface area contributed by atoms with Crippen LogP contribution >= 0.6 is 0 Å². The molecule has 1 N–H and O–H groups in total. The van der Waals surface area contributed by atoms with Crippen LogP contribution in [0.1, 0.15) is 6.93 Å². The zero-order valence-corrected chi connectivity index (χ0v) is 4.74. The second kappa shape index (κ2) is 2.51. The predicted molar refractivity (Wildman–Crippen MR) is 31.8 cm³/mol. The van der Waals surface area contributed by atoms with Crippen LogP contribution in [-0.2, 0) is 6.58 Å². The van der Waals surface area contributed by atoms with Gasteiger partial charge in [-0.15, -0.1) is 6.58 Å². The maximum Gasteiger partial charge on any atom is 0.117 e. The first-order chi connectivity index (χ1) is 4.72. The van der Waals surface area contributed by atoms with Crippen molar-refractivity contribution in [3.8, 4) is 5.75 Å². The molecule has 0 aromatic heterocycles. The number of rotatable bonds is 1. The third-order valence-corrected chi connectivity index (χ3v) is 1.06. The molecule has 0 radical (unpaired) electrons. The molecule has 0 amide bonds. The molecule has 0 spiro atoms. The highest BCUT2D eigenvalue weighted by Crippen LogP contribution is 2.13. The molecule has 0 fully saturated rings. The fourth-order valence-corrected chi connectivity index (χ4v) is 0.587. The normalized spacial score (nSPS) is 14.6. The third-order valence-electron chi connectivity index (χ3n) is 1.06. The van der Waals surface area contributed by atoms with Crippen LogP contribution < -0.4 is 5.11 Å². The molecule has 0 saturated carbocycles. The summed E-state index contributed by atoms with van der Waals surface area (Å²) in [7, 11) is 0. The minimum atomic E-state index is -1.60. The lowest BCUT2D eigenvalue weighted by atomic mass is 10.2. The van der Waals surface area contributed by atoms with Gasteiger partial charge in [-0.1, -0.05) is 18.2 Å². The van der Waals surface area contributed by atoms with Crippen LogP contribution in [0.25, 0.3) is 0 Å². The summed E-state index contributed by atoms with van der Waals surface area (Å²) in [6.45, 7) is -1.60. The molecular formula is C7H7O2-. The maximum atomic E-state index is 10.5. The first kappa shape index (κ1) is 4.82. The molecule has 2 nitrogen and oxygen atoms in total. The summed E-state index contributed by atoms with van der Waals surface area (Å²) in [5.74, 6) is -0.0995. The van der Waals surface area contributed by atoms with Crippen molar-refractivity contribution in [2.75, 3.05) is 0 Å². The van der Waals surface area contributed by atoms with Crippen molar-refractivity contribution >= 4 is 0 Å². The van der Waals surface area contributed by atoms with E-state index in [4.69, 9.17) is 6.48 Å². The molecule has 9 heavy (non-hydrogen) atoms. The van der Waals surface area contributed by atoms with E-state index in [9.17, 15) is 5.11 Å². The van der Waals surface area contributed by atoms with Gasteiger partial charge in [0, 0.05) is 1.37 Å². The summed E-state index contributed by atoms with van der Waals surface area (Å²) >= 11 is 0. The Bertz CT molecular complexity index is 223. The van der Waals surface area contributed by atoms with E-state index in [2.05, 4.69) is 0 Å². The summed E-state index contributed by atoms with van der Waals surface area (Å²) in [6.07, 6.45) is 0. The van der Waals surface area contributed by atoms with Crippen LogP contribution in [0.4, 0.5) is 0 Å². The quantitative estimate of drug-likeness (QED) is 0.584. The van der Waals surface area contributed by atoms with Crippen molar-refractivity contribution in [3.05, 3.63) is 29.8 Å². The standard InChI is InChI=1S/C7H7O2/c8-5-6-3-1-2-4-7(6)9/h1-4,9H,5H2/q-1/i5T. The van der Waals surface area contributed by atoms with E-state index < -0.39 is 6.58 Å². The van der Waals surface area contributed by atoms with E-state index in [1.165, 1.54) is 12.1 Å². The topological polar surface area (TPSA) is 43.3 Å². The van der Waals surface area contributed by atoms with Gasteiger partial charge >= 0.3 is 0 Å². The van der Waals surface area contributed by atoms with Gasteiger partial charge in [0.2, 0.25) is 0 Å². The predicted octanol–water partition coefficient (Wildman–Crippen LogP) is 0.252. The van der Waals surface area contributed by atoms with Crippen molar-refractivity contribution in [3.63, 3.8) is 0 Å². The van der Waals surface area contributed by atoms with E-state index >= 15 is 0 Å². The van der Waals surface area contributed by atoms with Crippen molar-refractivity contribution < 1.29 is 11.6 Å². The number of hydrogen-bond acceptors (Lipinski definition) is 2. The molecule has 0 bridgehead atoms. The lowest BCUT2D eigenvalue weighted by Crippen LogP contribution is -2.01. The van der Waals surface area contributed by atoms with Crippen LogP contribution in [0.2, 0.25) is 0 Å². The summed E-state index contributed by atoms with van der Waals surface area (Å²) in [6, 6.07) is 6.07. The molecule has 1 unspecified atom stereocenters. The van der Waals surface area contributed by atoms with E-state index in [1.54, 1.807) is 12.1 Å². The van der Waals surface area contributed by atoms with Gasteiger partial charge in [0.25, 0.3) is 0 Å². The number of benzene rings is 1. The first-order valence-electron chi connectivity index (χ1n) is 3.15. The van der Waals surface area contributed by atoms with Crippen molar-refractivity contribution in [1.82, 2.24) is 0 Å². The molecule has 0 aliphatic heterocycles. The second-order valence-electron chi connectivity index (χ2n) is 1.68. The number of phenols is 1. The maximum absolute atomic E-state index is 10.5. The van der Waals surface area contributed by atoms with Crippen molar-refractivity contribution in [2.24, 2.45) is 0 Å². The molecule has 1 aromatic carbocycles. The largest absolute Gasteiger partial charge is 0.851 e. The Morgan fingerprint density at radius 3 is 2.67 bits per heavy atom. The number of aromatic hydroxyl groups is 1. The first-order valence-corrected chi connectivity index (χ1v) is 2.58. The Labute approximate surface area is 54.8 Å². The van der Waals surface area contributed by atoms with Gasteiger partial charge in [0.15, 0.2) is 0 Å². The summed E-state index contributed by atoms with van der Waals surface area (Å²) in [4.78, 5) is 0. The molecular weight excluding hydrogens is 116 g/mol. The molecule has 1 aromatic rings. The number of phenolic OH excluding ortho intramolecular Hbond substituents is 1. The van der Waals surface area contributed by atoms with Crippen molar-refractivity contribution in [1.29, 1.82) is 0 Å². The van der Waals surface area contributed by atoms with Gasteiger partial charge < -0.3 is 10.2 Å². The zero-order chi connectivity index (χ0) is 7.56. The molecule has 0 heterocycles. The van der Waals surface area contributed by atoms with Crippen molar-refractivity contribution in [2.45, 2.75) is 6.58 Å². The third kappa shape index (κ3) is 1.21. The Hall–Kier alpha value is -1.02. The average Bonchev–Trinajstić information content (AvgIpc) is 1.88. The Balaban J connectivity index is 3.03. The van der Waals surface area contributed by atoms with E-state index in [1.807, 2.05) is 0 Å². The Kier molecular flexibility index (Phi) is 1.34. The van der Waals surface area contributed by atoms with E-state index in [0.29, 0.717) is 0 Å². The molecule has 2 heteroatoms. The average molecular weight is 125 g/mol. The van der Waals surface area contributed by atoms with Crippen LogP contribution in [0, 0.1) is 0 Å². The Morgan fingerprint density at radius 2 is 2.22 bits per heavy atom. The van der Waals surface area contributed by atoms with E-state index in [0.717, 1.165) is 0 Å². The highest BCUT2D eigenvalue weighted by molar-refractivity contribution is 5.30. The van der Waals surface area contributed by atoms with Gasteiger partial charge in [-0.2, -0.15) is 0 Å². The van der Waals surface area contributed by atoms with Crippen LogP contribution in [0.15, 0.2) is 24.3 Å². The minimum absolute atomic E-state index is 0.0995. The van der Waals surface area contributed by atoms with Crippen LogP contribution in [0.5, 0.6) is 5.75 Å². The summed E-state index contributed by atoms with van der Waals surface area (Å²) < 4.78 is 6.74. The van der Waals surface area contributed by atoms with Gasteiger partial charge in [0.1, 0.15) is 5.75 Å². The van der Waals surface area contributed by atoms with Gasteiger partial charge in [-0.3, -0.25) is 0 Å². The minimum Gasteiger partial charge on any atom is -0.851 e. The molecule has 0 aliphatic rings. The highest BCUT2D eigenvalue weighted by atomic mass is 16.3. The lowest BCUT2D eigenvalue weighted by molar-refractivity contribution is -0.386. The van der Waals surface area contributed by atoms with Gasteiger partial charge in [-0.05, 0) is 11.6 Å². The molecule has 1 rings (SSSR count). The molecule has 0 saturated heterocycles. The zero-order valence-electron chi connectivity index (χ0n) is 5.74. The molecule has 0 aliphatic carbocycles. The monoisotopic (exact) mass is 125 g/mol.